The normalized spacial score (nSPS) is 10.2. The van der Waals surface area contributed by atoms with Crippen LogP contribution in [0.4, 0.5) is 5.69 Å². The minimum atomic E-state index is 0.572. The highest BCUT2D eigenvalue weighted by atomic mass is 35.5. The second kappa shape index (κ2) is 3.06. The van der Waals surface area contributed by atoms with Crippen molar-refractivity contribution in [3.8, 4) is 5.69 Å². The van der Waals surface area contributed by atoms with E-state index in [9.17, 15) is 0 Å². The van der Waals surface area contributed by atoms with Gasteiger partial charge in [0.15, 0.2) is 0 Å². The van der Waals surface area contributed by atoms with Crippen molar-refractivity contribution in [2.75, 3.05) is 5.73 Å². The van der Waals surface area contributed by atoms with Crippen LogP contribution < -0.4 is 5.73 Å². The van der Waals surface area contributed by atoms with Gasteiger partial charge in [0, 0.05) is 12.4 Å². The molecule has 2 aromatic rings. The minimum absolute atomic E-state index is 0.572. The summed E-state index contributed by atoms with van der Waals surface area (Å²) in [5.74, 6) is 0. The lowest BCUT2D eigenvalue weighted by molar-refractivity contribution is 0.876. The third kappa shape index (κ3) is 1.48. The highest BCUT2D eigenvalue weighted by Crippen LogP contribution is 2.16. The van der Waals surface area contributed by atoms with Crippen LogP contribution in [0.2, 0.25) is 5.02 Å². The van der Waals surface area contributed by atoms with Gasteiger partial charge in [-0.2, -0.15) is 5.10 Å². The summed E-state index contributed by atoms with van der Waals surface area (Å²) < 4.78 is 1.59. The standard InChI is InChI=1S/C8H7ClN4/c9-6-3-12-13(5-6)8-4-11-2-1-7(8)10/h1-5H,(H2,10,11). The molecule has 0 radical (unpaired) electrons. The number of nitrogens with zero attached hydrogens (tertiary/aromatic N) is 3. The molecule has 2 heterocycles. The van der Waals surface area contributed by atoms with Crippen LogP contribution in [0.25, 0.3) is 5.69 Å². The van der Waals surface area contributed by atoms with Gasteiger partial charge >= 0.3 is 0 Å². The predicted octanol–water partition coefficient (Wildman–Crippen LogP) is 1.50. The molecule has 0 amide bonds. The maximum absolute atomic E-state index is 5.72. The van der Waals surface area contributed by atoms with E-state index in [1.807, 2.05) is 0 Å². The first kappa shape index (κ1) is 8.07. The highest BCUT2D eigenvalue weighted by molar-refractivity contribution is 6.30. The van der Waals surface area contributed by atoms with Crippen molar-refractivity contribution in [1.29, 1.82) is 0 Å². The molecule has 0 fully saturated rings. The number of nitrogens with two attached hydrogens (primary N) is 1. The molecule has 0 unspecified atom stereocenters. The summed E-state index contributed by atoms with van der Waals surface area (Å²) in [6.07, 6.45) is 6.49. The molecule has 0 aromatic carbocycles. The van der Waals surface area contributed by atoms with E-state index in [1.165, 1.54) is 0 Å². The first-order chi connectivity index (χ1) is 6.27. The lowest BCUT2D eigenvalue weighted by Gasteiger charge is -2.02. The fourth-order valence-electron chi connectivity index (χ4n) is 1.02. The van der Waals surface area contributed by atoms with Gasteiger partial charge in [0.1, 0.15) is 5.69 Å². The zero-order valence-corrected chi connectivity index (χ0v) is 7.44. The Balaban J connectivity index is 2.52. The van der Waals surface area contributed by atoms with E-state index in [0.29, 0.717) is 10.7 Å². The Bertz CT molecular complexity index is 424. The minimum Gasteiger partial charge on any atom is -0.397 e. The Kier molecular flexibility index (Phi) is 1.90. The van der Waals surface area contributed by atoms with E-state index < -0.39 is 0 Å². The largest absolute Gasteiger partial charge is 0.397 e. The van der Waals surface area contributed by atoms with Crippen LogP contribution in [0.5, 0.6) is 0 Å². The van der Waals surface area contributed by atoms with Crippen molar-refractivity contribution >= 4 is 17.3 Å². The first-order valence-corrected chi connectivity index (χ1v) is 4.05. The van der Waals surface area contributed by atoms with Crippen LogP contribution in [-0.4, -0.2) is 14.8 Å². The average molecular weight is 195 g/mol. The Hall–Kier alpha value is -1.55. The summed E-state index contributed by atoms with van der Waals surface area (Å²) in [6.45, 7) is 0. The molecule has 0 saturated heterocycles. The summed E-state index contributed by atoms with van der Waals surface area (Å²) in [4.78, 5) is 3.95. The maximum atomic E-state index is 5.72. The monoisotopic (exact) mass is 194 g/mol. The summed E-state index contributed by atoms with van der Waals surface area (Å²) in [6, 6.07) is 1.71. The molecule has 66 valence electrons. The van der Waals surface area contributed by atoms with E-state index >= 15 is 0 Å². The average Bonchev–Trinajstić information content (AvgIpc) is 2.53. The summed E-state index contributed by atoms with van der Waals surface area (Å²) in [5.41, 5.74) is 7.07. The number of aromatic nitrogens is 3. The molecule has 4 nitrogen and oxygen atoms in total. The van der Waals surface area contributed by atoms with E-state index in [1.54, 1.807) is 35.5 Å². The number of rotatable bonds is 1. The van der Waals surface area contributed by atoms with Crippen LogP contribution >= 0.6 is 11.6 Å². The number of hydrogen-bond donors (Lipinski definition) is 1. The summed E-state index contributed by atoms with van der Waals surface area (Å²) in [5, 5.41) is 4.58. The van der Waals surface area contributed by atoms with Crippen LogP contribution in [0.15, 0.2) is 30.9 Å². The number of anilines is 1. The number of pyridine rings is 1. The van der Waals surface area contributed by atoms with Crippen LogP contribution in [0, 0.1) is 0 Å². The summed E-state index contributed by atoms with van der Waals surface area (Å²) >= 11 is 5.72. The van der Waals surface area contributed by atoms with Gasteiger partial charge in [-0.25, -0.2) is 4.68 Å². The molecule has 2 N–H and O–H groups in total. The van der Waals surface area contributed by atoms with Crippen molar-refractivity contribution in [2.24, 2.45) is 0 Å². The molecule has 0 aliphatic rings. The van der Waals surface area contributed by atoms with Gasteiger partial charge in [0.05, 0.1) is 23.1 Å². The van der Waals surface area contributed by atoms with Gasteiger partial charge < -0.3 is 5.73 Å². The van der Waals surface area contributed by atoms with Gasteiger partial charge in [-0.3, -0.25) is 4.98 Å². The lowest BCUT2D eigenvalue weighted by atomic mass is 10.3. The van der Waals surface area contributed by atoms with E-state index in [0.717, 1.165) is 5.69 Å². The Morgan fingerprint density at radius 1 is 1.38 bits per heavy atom. The molecule has 2 aromatic heterocycles. The lowest BCUT2D eigenvalue weighted by Crippen LogP contribution is -2.00. The van der Waals surface area contributed by atoms with Crippen molar-refractivity contribution in [3.05, 3.63) is 35.9 Å². The molecule has 5 heteroatoms. The van der Waals surface area contributed by atoms with Gasteiger partial charge in [0.2, 0.25) is 0 Å². The van der Waals surface area contributed by atoms with E-state index in [4.69, 9.17) is 17.3 Å². The Labute approximate surface area is 80.0 Å². The second-order valence-electron chi connectivity index (χ2n) is 2.54. The van der Waals surface area contributed by atoms with Gasteiger partial charge in [-0.15, -0.1) is 0 Å². The first-order valence-electron chi connectivity index (χ1n) is 3.67. The summed E-state index contributed by atoms with van der Waals surface area (Å²) in [7, 11) is 0. The topological polar surface area (TPSA) is 56.7 Å². The Morgan fingerprint density at radius 3 is 2.85 bits per heavy atom. The molecule has 0 bridgehead atoms. The quantitative estimate of drug-likeness (QED) is 0.749. The third-order valence-corrected chi connectivity index (χ3v) is 1.83. The molecule has 0 spiro atoms. The molecular formula is C8H7ClN4. The Morgan fingerprint density at radius 2 is 2.23 bits per heavy atom. The highest BCUT2D eigenvalue weighted by Gasteiger charge is 2.02. The zero-order chi connectivity index (χ0) is 9.26. The molecule has 0 atom stereocenters. The number of nitrogen functional groups attached to an aromatic ring is 1. The molecule has 0 saturated carbocycles. The molecule has 0 aliphatic carbocycles. The van der Waals surface area contributed by atoms with Crippen molar-refractivity contribution in [2.45, 2.75) is 0 Å². The maximum Gasteiger partial charge on any atom is 0.106 e. The second-order valence-corrected chi connectivity index (χ2v) is 2.97. The van der Waals surface area contributed by atoms with Crippen LogP contribution in [0.3, 0.4) is 0 Å². The van der Waals surface area contributed by atoms with Crippen molar-refractivity contribution < 1.29 is 0 Å². The van der Waals surface area contributed by atoms with Gasteiger partial charge in [0.25, 0.3) is 0 Å². The number of hydrogen-bond acceptors (Lipinski definition) is 3. The van der Waals surface area contributed by atoms with Crippen molar-refractivity contribution in [1.82, 2.24) is 14.8 Å². The fourth-order valence-corrected chi connectivity index (χ4v) is 1.16. The smallest absolute Gasteiger partial charge is 0.106 e. The SMILES string of the molecule is Nc1ccncc1-n1cc(Cl)cn1. The van der Waals surface area contributed by atoms with Crippen LogP contribution in [-0.2, 0) is 0 Å². The predicted molar refractivity (Wildman–Crippen MR) is 50.8 cm³/mol. The molecule has 13 heavy (non-hydrogen) atoms. The van der Waals surface area contributed by atoms with Crippen molar-refractivity contribution in [3.63, 3.8) is 0 Å². The van der Waals surface area contributed by atoms with Gasteiger partial charge in [-0.05, 0) is 6.07 Å². The zero-order valence-electron chi connectivity index (χ0n) is 6.68. The molecule has 2 rings (SSSR count). The molecule has 0 aliphatic heterocycles. The molecular weight excluding hydrogens is 188 g/mol. The fraction of sp³-hybridized carbons (Fsp3) is 0. The van der Waals surface area contributed by atoms with E-state index in [2.05, 4.69) is 10.1 Å². The van der Waals surface area contributed by atoms with Crippen LogP contribution in [0.1, 0.15) is 0 Å². The number of halogens is 1. The third-order valence-electron chi connectivity index (χ3n) is 1.63. The van der Waals surface area contributed by atoms with E-state index in [-0.39, 0.29) is 0 Å². The van der Waals surface area contributed by atoms with Gasteiger partial charge in [-0.1, -0.05) is 11.6 Å².